The molecular weight excluding hydrogens is 102 g/mol. The second-order valence-corrected chi connectivity index (χ2v) is 2.27. The van der Waals surface area contributed by atoms with Crippen molar-refractivity contribution in [2.45, 2.75) is 0 Å². The molecule has 0 saturated heterocycles. The van der Waals surface area contributed by atoms with Crippen molar-refractivity contribution < 1.29 is 0 Å². The Kier molecular flexibility index (Phi) is 5.28. The van der Waals surface area contributed by atoms with Gasteiger partial charge in [0.1, 0.15) is 0 Å². The minimum atomic E-state index is 0.684. The quantitative estimate of drug-likeness (QED) is 0.399. The van der Waals surface area contributed by atoms with Crippen LogP contribution >= 0.6 is 24.4 Å². The molecule has 0 amide bonds. The molecule has 0 aliphatic rings. The first-order valence-electron chi connectivity index (χ1n) is 1.30. The molecule has 0 fully saturated rings. The van der Waals surface area contributed by atoms with E-state index in [9.17, 15) is 0 Å². The van der Waals surface area contributed by atoms with Crippen LogP contribution in [0.5, 0.6) is 0 Å². The van der Waals surface area contributed by atoms with Crippen molar-refractivity contribution in [1.29, 1.82) is 0 Å². The lowest BCUT2D eigenvalue weighted by Gasteiger charge is -1.80. The number of hydrogen-bond acceptors (Lipinski definition) is 3. The van der Waals surface area contributed by atoms with Gasteiger partial charge in [-0.3, -0.25) is 0 Å². The molecule has 2 N–H and O–H groups in total. The van der Waals surface area contributed by atoms with Gasteiger partial charge in [0.25, 0.3) is 0 Å². The number of rotatable bonds is 2. The summed E-state index contributed by atoms with van der Waals surface area (Å²) >= 11 is 5.49. The van der Waals surface area contributed by atoms with Crippen LogP contribution in [0.25, 0.3) is 0 Å². The summed E-state index contributed by atoms with van der Waals surface area (Å²) in [6, 6.07) is 0. The van der Waals surface area contributed by atoms with Gasteiger partial charge in [0.05, 0.1) is 0 Å². The minimum absolute atomic E-state index is 0.684. The second kappa shape index (κ2) is 4.66. The maximum Gasteiger partial charge on any atom is 0.0400 e. The predicted octanol–water partition coefficient (Wildman–Crippen LogP) is 0.523. The number of thiol groups is 1. The molecule has 0 aromatic heterocycles. The van der Waals surface area contributed by atoms with Crippen LogP contribution in [0.3, 0.4) is 0 Å². The molecule has 0 bridgehead atoms. The van der Waals surface area contributed by atoms with Gasteiger partial charge in [-0.25, -0.2) is 0 Å². The Morgan fingerprint density at radius 2 is 2.40 bits per heavy atom. The van der Waals surface area contributed by atoms with Crippen molar-refractivity contribution in [2.75, 3.05) is 11.0 Å². The molecule has 0 aromatic rings. The monoisotopic (exact) mass is 109 g/mol. The minimum Gasteiger partial charge on any atom is -0.322 e. The fourth-order valence-corrected chi connectivity index (χ4v) is 0.474. The summed E-state index contributed by atoms with van der Waals surface area (Å²) in [4.78, 5) is 0. The molecule has 0 heterocycles. The van der Waals surface area contributed by atoms with Crippen molar-refractivity contribution in [1.82, 2.24) is 0 Å². The third-order valence-corrected chi connectivity index (χ3v) is 1.18. The van der Waals surface area contributed by atoms with Gasteiger partial charge in [-0.15, -0.1) is 11.8 Å². The van der Waals surface area contributed by atoms with Crippen LogP contribution in [-0.2, 0) is 0 Å². The van der Waals surface area contributed by atoms with Crippen LogP contribution in [-0.4, -0.2) is 11.0 Å². The summed E-state index contributed by atoms with van der Waals surface area (Å²) in [5, 5.41) is 0.830. The highest BCUT2D eigenvalue weighted by Gasteiger charge is 1.67. The van der Waals surface area contributed by atoms with Crippen molar-refractivity contribution >= 4 is 24.4 Å². The molecule has 0 unspecified atom stereocenters. The Balaban J connectivity index is 2.19. The van der Waals surface area contributed by atoms with Gasteiger partial charge >= 0.3 is 0 Å². The summed E-state index contributed by atoms with van der Waals surface area (Å²) < 4.78 is 0. The van der Waals surface area contributed by atoms with Gasteiger partial charge in [-0.05, 0) is 0 Å². The average Bonchev–Trinajstić information content (AvgIpc) is 1.41. The molecule has 0 aromatic carbocycles. The molecule has 5 heavy (non-hydrogen) atoms. The van der Waals surface area contributed by atoms with Crippen molar-refractivity contribution in [2.24, 2.45) is 5.73 Å². The van der Waals surface area contributed by atoms with E-state index in [1.165, 1.54) is 0 Å². The molecular formula is C2H7NS2. The first-order chi connectivity index (χ1) is 2.41. The molecule has 0 spiro atoms. The lowest BCUT2D eigenvalue weighted by atomic mass is 11.5. The van der Waals surface area contributed by atoms with E-state index < -0.39 is 0 Å². The van der Waals surface area contributed by atoms with E-state index in [-0.39, 0.29) is 0 Å². The zero-order chi connectivity index (χ0) is 4.12. The third-order valence-electron chi connectivity index (χ3n) is 0.209. The van der Waals surface area contributed by atoms with E-state index in [0.29, 0.717) is 5.88 Å². The summed E-state index contributed by atoms with van der Waals surface area (Å²) in [5.74, 6) is 0.684. The molecule has 1 nitrogen and oxygen atoms in total. The van der Waals surface area contributed by atoms with Gasteiger partial charge in [0, 0.05) is 11.0 Å². The zero-order valence-electron chi connectivity index (χ0n) is 2.85. The van der Waals surface area contributed by atoms with E-state index in [1.807, 2.05) is 0 Å². The van der Waals surface area contributed by atoms with Crippen LogP contribution in [0.1, 0.15) is 0 Å². The second-order valence-electron chi connectivity index (χ2n) is 0.500. The maximum atomic E-state index is 5.05. The van der Waals surface area contributed by atoms with Gasteiger partial charge in [-0.2, -0.15) is 12.6 Å². The maximum absolute atomic E-state index is 5.05. The Bertz CT molecular complexity index is 15.1. The zero-order valence-corrected chi connectivity index (χ0v) is 4.56. The summed E-state index contributed by atoms with van der Waals surface area (Å²) in [7, 11) is 0. The molecule has 0 aliphatic heterocycles. The lowest BCUT2D eigenvalue weighted by molar-refractivity contribution is 1.40. The van der Waals surface area contributed by atoms with E-state index in [1.54, 1.807) is 11.8 Å². The summed E-state index contributed by atoms with van der Waals surface area (Å²) in [5.41, 5.74) is 5.05. The lowest BCUT2D eigenvalue weighted by Crippen LogP contribution is -1.90. The van der Waals surface area contributed by atoms with E-state index in [0.717, 1.165) is 5.08 Å². The van der Waals surface area contributed by atoms with Gasteiger partial charge < -0.3 is 5.73 Å². The molecule has 0 atom stereocenters. The van der Waals surface area contributed by atoms with Gasteiger partial charge in [-0.1, -0.05) is 0 Å². The van der Waals surface area contributed by atoms with Crippen molar-refractivity contribution in [3.8, 4) is 0 Å². The molecule has 3 heteroatoms. The highest BCUT2D eigenvalue weighted by molar-refractivity contribution is 8.09. The predicted molar refractivity (Wildman–Crippen MR) is 30.5 cm³/mol. The van der Waals surface area contributed by atoms with Crippen LogP contribution in [0.15, 0.2) is 0 Å². The Hall–Kier alpha value is 0.660. The molecule has 0 radical (unpaired) electrons. The smallest absolute Gasteiger partial charge is 0.0400 e. The fourth-order valence-electron chi connectivity index (χ4n) is 0.0527. The molecule has 32 valence electrons. The van der Waals surface area contributed by atoms with Crippen molar-refractivity contribution in [3.05, 3.63) is 0 Å². The Labute approximate surface area is 41.7 Å². The normalized spacial score (nSPS) is 8.40. The van der Waals surface area contributed by atoms with Gasteiger partial charge in [0.2, 0.25) is 0 Å². The Morgan fingerprint density at radius 1 is 1.80 bits per heavy atom. The number of hydrogen-bond donors (Lipinski definition) is 2. The average molecular weight is 109 g/mol. The third kappa shape index (κ3) is 4.66. The Morgan fingerprint density at radius 3 is 2.40 bits per heavy atom. The number of thioether (sulfide) groups is 1. The highest BCUT2D eigenvalue weighted by atomic mass is 32.2. The van der Waals surface area contributed by atoms with Crippen molar-refractivity contribution in [3.63, 3.8) is 0 Å². The number of nitrogens with two attached hydrogens (primary N) is 1. The largest absolute Gasteiger partial charge is 0.322 e. The van der Waals surface area contributed by atoms with Crippen LogP contribution in [0.2, 0.25) is 0 Å². The van der Waals surface area contributed by atoms with Crippen LogP contribution in [0.4, 0.5) is 0 Å². The van der Waals surface area contributed by atoms with Gasteiger partial charge in [0.15, 0.2) is 0 Å². The SMILES string of the molecule is NCSCS. The standard InChI is InChI=1S/C2H7NS2/c3-1-5-2-4/h4H,1-3H2. The summed E-state index contributed by atoms with van der Waals surface area (Å²) in [6.45, 7) is 0. The highest BCUT2D eigenvalue weighted by Crippen LogP contribution is 1.94. The fraction of sp³-hybridized carbons (Fsp3) is 1.00. The molecule has 0 saturated carbocycles. The first-order valence-corrected chi connectivity index (χ1v) is 3.09. The van der Waals surface area contributed by atoms with E-state index in [4.69, 9.17) is 5.73 Å². The molecule has 0 aliphatic carbocycles. The van der Waals surface area contributed by atoms with E-state index >= 15 is 0 Å². The topological polar surface area (TPSA) is 26.0 Å². The van der Waals surface area contributed by atoms with Crippen LogP contribution in [0, 0.1) is 0 Å². The van der Waals surface area contributed by atoms with Crippen LogP contribution < -0.4 is 5.73 Å². The van der Waals surface area contributed by atoms with E-state index in [2.05, 4.69) is 12.6 Å². The molecule has 0 rings (SSSR count). The first kappa shape index (κ1) is 5.66. The summed E-state index contributed by atoms with van der Waals surface area (Å²) in [6.07, 6.45) is 0.